The molecule has 3 heterocycles. The van der Waals surface area contributed by atoms with E-state index in [4.69, 9.17) is 0 Å². The van der Waals surface area contributed by atoms with E-state index in [0.29, 0.717) is 0 Å². The first-order valence-corrected chi connectivity index (χ1v) is 19.4. The zero-order valence-electron chi connectivity index (χ0n) is 31.8. The molecule has 2 aromatic heterocycles. The molecule has 0 radical (unpaired) electrons. The summed E-state index contributed by atoms with van der Waals surface area (Å²) in [6, 6.07) is 30.8. The molecule has 0 spiro atoms. The first kappa shape index (κ1) is 33.1. The second-order valence-corrected chi connectivity index (χ2v) is 17.0. The van der Waals surface area contributed by atoms with Crippen LogP contribution in [0.1, 0.15) is 115 Å². The van der Waals surface area contributed by atoms with Gasteiger partial charge >= 0.3 is 0 Å². The Morgan fingerprint density at radius 2 is 1.42 bits per heavy atom. The van der Waals surface area contributed by atoms with Gasteiger partial charge in [0.2, 0.25) is 16.9 Å². The molecule has 1 fully saturated rings. The SMILES string of the molecule is CCCCc1ccc2c(c1)C1(CC)C(=CCc3ccccc3-c3cc4cc5c(cc4c[n+]3C)C(C)(C)CCC5(C)C)C1(CC)[n+]1ccccc1-2. The number of hydrogen-bond donors (Lipinski definition) is 0. The molecule has 50 heavy (non-hydrogen) atoms. The van der Waals surface area contributed by atoms with Gasteiger partial charge in [-0.2, -0.15) is 4.57 Å². The van der Waals surface area contributed by atoms with Crippen LogP contribution in [0.15, 0.2) is 103 Å². The van der Waals surface area contributed by atoms with E-state index in [2.05, 4.69) is 162 Å². The van der Waals surface area contributed by atoms with Crippen LogP contribution in [0.2, 0.25) is 0 Å². The van der Waals surface area contributed by atoms with E-state index in [1.807, 2.05) is 0 Å². The van der Waals surface area contributed by atoms with Crippen LogP contribution in [0.5, 0.6) is 0 Å². The predicted molar refractivity (Wildman–Crippen MR) is 209 cm³/mol. The normalized spacial score (nSPS) is 23.2. The fourth-order valence-electron chi connectivity index (χ4n) is 10.4. The minimum atomic E-state index is -0.0169. The Morgan fingerprint density at radius 3 is 2.14 bits per heavy atom. The lowest BCUT2D eigenvalue weighted by Gasteiger charge is -2.42. The number of rotatable bonds is 8. The molecule has 1 saturated carbocycles. The Bertz CT molecular complexity index is 2180. The van der Waals surface area contributed by atoms with Crippen LogP contribution in [-0.2, 0) is 41.7 Å². The highest BCUT2D eigenvalue weighted by molar-refractivity contribution is 5.86. The van der Waals surface area contributed by atoms with Gasteiger partial charge in [0.05, 0.1) is 11.0 Å². The molecule has 2 aliphatic carbocycles. The zero-order valence-corrected chi connectivity index (χ0v) is 31.8. The van der Waals surface area contributed by atoms with E-state index in [0.717, 1.165) is 25.7 Å². The lowest BCUT2D eigenvalue weighted by atomic mass is 9.63. The molecular formula is C48H56N2+2. The Morgan fingerprint density at radius 1 is 0.700 bits per heavy atom. The molecule has 0 saturated heterocycles. The third-order valence-electron chi connectivity index (χ3n) is 13.4. The van der Waals surface area contributed by atoms with Crippen LogP contribution in [0.4, 0.5) is 0 Å². The number of fused-ring (bicyclic) bond motifs is 8. The van der Waals surface area contributed by atoms with Gasteiger partial charge in [0, 0.05) is 41.1 Å². The average Bonchev–Trinajstić information content (AvgIpc) is 3.74. The number of allylic oxidation sites excluding steroid dienone is 2. The quantitative estimate of drug-likeness (QED) is 0.116. The zero-order chi connectivity index (χ0) is 35.1. The monoisotopic (exact) mass is 660 g/mol. The summed E-state index contributed by atoms with van der Waals surface area (Å²) in [5.74, 6) is 0. The lowest BCUT2D eigenvalue weighted by molar-refractivity contribution is -0.731. The van der Waals surface area contributed by atoms with Crippen LogP contribution < -0.4 is 9.13 Å². The molecule has 2 unspecified atom stereocenters. The van der Waals surface area contributed by atoms with Crippen molar-refractivity contribution in [3.8, 4) is 22.5 Å². The van der Waals surface area contributed by atoms with E-state index in [9.17, 15) is 0 Å². The maximum absolute atomic E-state index is 2.63. The van der Waals surface area contributed by atoms with Crippen LogP contribution in [0.3, 0.4) is 0 Å². The largest absolute Gasteiger partial charge is 0.213 e. The van der Waals surface area contributed by atoms with Crippen molar-refractivity contribution in [3.63, 3.8) is 0 Å². The van der Waals surface area contributed by atoms with Crippen molar-refractivity contribution in [1.82, 2.24) is 0 Å². The number of nitrogens with zero attached hydrogens (tertiary/aromatic N) is 2. The van der Waals surface area contributed by atoms with Gasteiger partial charge in [0.15, 0.2) is 12.4 Å². The first-order chi connectivity index (χ1) is 24.0. The highest BCUT2D eigenvalue weighted by Gasteiger charge is 2.81. The standard InChI is InChI=1S/C48H56N2/c1-9-12-17-33-21-23-38-39(28-33)47(10-2)44(48(47,11-3)50-27-16-15-20-42(38)50)24-22-34-18-13-14-19-37(34)43-31-35-29-40-41(30-36(35)32-49(43)8)46(6,7)26-25-45(40,4)5/h13-16,18-21,23-24,27-32H,9-12,17,22,25-26H2,1-8H3/q+2. The van der Waals surface area contributed by atoms with Gasteiger partial charge in [-0.05, 0) is 113 Å². The Hall–Kier alpha value is -4.04. The third kappa shape index (κ3) is 4.66. The minimum absolute atomic E-state index is 0.0169. The highest BCUT2D eigenvalue weighted by atomic mass is 15.2. The van der Waals surface area contributed by atoms with Crippen molar-refractivity contribution in [2.45, 2.75) is 122 Å². The number of benzene rings is 3. The van der Waals surface area contributed by atoms with Crippen LogP contribution in [0.25, 0.3) is 33.3 Å². The fraction of sp³-hybridized carbons (Fsp3) is 0.417. The maximum Gasteiger partial charge on any atom is 0.213 e. The minimum Gasteiger partial charge on any atom is -0.200 e. The number of aromatic nitrogens is 2. The molecule has 3 aromatic carbocycles. The maximum atomic E-state index is 2.63. The number of hydrogen-bond acceptors (Lipinski definition) is 0. The molecule has 0 amide bonds. The van der Waals surface area contributed by atoms with E-state index in [-0.39, 0.29) is 21.8 Å². The summed E-state index contributed by atoms with van der Waals surface area (Å²) in [6.07, 6.45) is 16.6. The predicted octanol–water partition coefficient (Wildman–Crippen LogP) is 10.9. The summed E-state index contributed by atoms with van der Waals surface area (Å²) in [5.41, 5.74) is 14.9. The van der Waals surface area contributed by atoms with Gasteiger partial charge < -0.3 is 0 Å². The van der Waals surface area contributed by atoms with E-state index in [1.54, 1.807) is 11.1 Å². The van der Waals surface area contributed by atoms with Gasteiger partial charge in [-0.25, -0.2) is 4.57 Å². The average molecular weight is 661 g/mol. The molecule has 2 nitrogen and oxygen atoms in total. The van der Waals surface area contributed by atoms with Gasteiger partial charge in [-0.3, -0.25) is 0 Å². The summed E-state index contributed by atoms with van der Waals surface area (Å²) in [5, 5.41) is 2.69. The summed E-state index contributed by atoms with van der Waals surface area (Å²) >= 11 is 0. The Labute approximate surface area is 300 Å². The second-order valence-electron chi connectivity index (χ2n) is 17.0. The molecule has 2 heteroatoms. The van der Waals surface area contributed by atoms with Gasteiger partial charge in [0.1, 0.15) is 7.05 Å². The molecule has 5 aromatic rings. The van der Waals surface area contributed by atoms with Crippen LogP contribution >= 0.6 is 0 Å². The summed E-state index contributed by atoms with van der Waals surface area (Å²) in [4.78, 5) is 0. The van der Waals surface area contributed by atoms with Crippen molar-refractivity contribution in [3.05, 3.63) is 131 Å². The van der Waals surface area contributed by atoms with E-state index >= 15 is 0 Å². The van der Waals surface area contributed by atoms with Crippen molar-refractivity contribution in [2.75, 3.05) is 0 Å². The molecule has 0 N–H and O–H groups in total. The smallest absolute Gasteiger partial charge is 0.200 e. The lowest BCUT2D eigenvalue weighted by Crippen LogP contribution is -2.54. The van der Waals surface area contributed by atoms with Crippen molar-refractivity contribution >= 4 is 10.8 Å². The molecule has 256 valence electrons. The van der Waals surface area contributed by atoms with Crippen molar-refractivity contribution < 1.29 is 9.13 Å². The first-order valence-electron chi connectivity index (χ1n) is 19.4. The second kappa shape index (κ2) is 11.8. The fourth-order valence-corrected chi connectivity index (χ4v) is 10.4. The number of unbranched alkanes of at least 4 members (excludes halogenated alkanes) is 1. The highest BCUT2D eigenvalue weighted by Crippen LogP contribution is 2.71. The van der Waals surface area contributed by atoms with Gasteiger partial charge in [-0.1, -0.05) is 91.3 Å². The van der Waals surface area contributed by atoms with Crippen molar-refractivity contribution in [1.29, 1.82) is 0 Å². The van der Waals surface area contributed by atoms with Gasteiger partial charge in [-0.15, -0.1) is 0 Å². The molecule has 8 rings (SSSR count). The Balaban J connectivity index is 1.23. The number of aryl methyl sites for hydroxylation is 2. The number of pyridine rings is 2. The van der Waals surface area contributed by atoms with Crippen LogP contribution in [-0.4, -0.2) is 0 Å². The molecular weight excluding hydrogens is 605 g/mol. The summed E-state index contributed by atoms with van der Waals surface area (Å²) in [7, 11) is 2.23. The van der Waals surface area contributed by atoms with Gasteiger partial charge in [0.25, 0.3) is 0 Å². The molecule has 2 atom stereocenters. The molecule has 0 bridgehead atoms. The van der Waals surface area contributed by atoms with Crippen molar-refractivity contribution in [2.24, 2.45) is 7.05 Å². The van der Waals surface area contributed by atoms with E-state index < -0.39 is 0 Å². The summed E-state index contributed by atoms with van der Waals surface area (Å²) in [6.45, 7) is 16.8. The molecule has 1 aliphatic heterocycles. The van der Waals surface area contributed by atoms with Crippen LogP contribution in [0, 0.1) is 0 Å². The molecule has 3 aliphatic rings. The Kier molecular flexibility index (Phi) is 7.79. The van der Waals surface area contributed by atoms with E-state index in [1.165, 1.54) is 81.2 Å². The summed E-state index contributed by atoms with van der Waals surface area (Å²) < 4.78 is 4.99. The third-order valence-corrected chi connectivity index (χ3v) is 13.4. The topological polar surface area (TPSA) is 7.76 Å².